The molecule has 16 heavy (non-hydrogen) atoms. The Morgan fingerprint density at radius 2 is 2.00 bits per heavy atom. The highest BCUT2D eigenvalue weighted by Gasteiger charge is 2.11. The smallest absolute Gasteiger partial charge is 0.107 e. The van der Waals surface area contributed by atoms with Crippen LogP contribution in [0, 0.1) is 0 Å². The van der Waals surface area contributed by atoms with Crippen molar-refractivity contribution < 1.29 is 5.11 Å². The fourth-order valence-corrected chi connectivity index (χ4v) is 1.66. The Labute approximate surface area is 99.3 Å². The van der Waals surface area contributed by atoms with E-state index >= 15 is 0 Å². The Morgan fingerprint density at radius 1 is 1.31 bits per heavy atom. The van der Waals surface area contributed by atoms with Crippen LogP contribution in [0.4, 0.5) is 0 Å². The Kier molecular flexibility index (Phi) is 3.27. The van der Waals surface area contributed by atoms with Crippen molar-refractivity contribution in [2.45, 2.75) is 19.6 Å². The van der Waals surface area contributed by atoms with Gasteiger partial charge in [0.05, 0.1) is 6.20 Å². The first-order chi connectivity index (χ1) is 7.70. The number of aliphatic hydroxyl groups excluding tert-OH is 1. The van der Waals surface area contributed by atoms with Crippen molar-refractivity contribution in [1.29, 1.82) is 0 Å². The third kappa shape index (κ3) is 2.26. The van der Waals surface area contributed by atoms with Crippen LogP contribution in [0.5, 0.6) is 0 Å². The van der Waals surface area contributed by atoms with E-state index in [4.69, 9.17) is 11.6 Å². The maximum absolute atomic E-state index is 10.1. The standard InChI is InChI=1S/C12H13ClN2O/c1-2-15-8-10(7-14-15)12(16)9-3-5-11(13)6-4-9/h3-8,12,16H,2H2,1H3. The molecule has 0 aliphatic carbocycles. The van der Waals surface area contributed by atoms with E-state index in [0.29, 0.717) is 5.02 Å². The second kappa shape index (κ2) is 4.68. The molecule has 0 saturated carbocycles. The maximum atomic E-state index is 10.1. The molecule has 4 heteroatoms. The molecule has 1 N–H and O–H groups in total. The first kappa shape index (κ1) is 11.2. The molecule has 0 spiro atoms. The molecule has 0 bridgehead atoms. The van der Waals surface area contributed by atoms with E-state index in [2.05, 4.69) is 5.10 Å². The number of hydrogen-bond donors (Lipinski definition) is 1. The molecule has 1 aromatic heterocycles. The number of aromatic nitrogens is 2. The fourth-order valence-electron chi connectivity index (χ4n) is 1.53. The molecule has 1 unspecified atom stereocenters. The van der Waals surface area contributed by atoms with Crippen LogP contribution in [-0.4, -0.2) is 14.9 Å². The van der Waals surface area contributed by atoms with E-state index < -0.39 is 6.10 Å². The second-order valence-electron chi connectivity index (χ2n) is 3.58. The van der Waals surface area contributed by atoms with Gasteiger partial charge in [0, 0.05) is 23.3 Å². The average Bonchev–Trinajstić information content (AvgIpc) is 2.77. The molecule has 1 atom stereocenters. The Hall–Kier alpha value is -1.32. The lowest BCUT2D eigenvalue weighted by molar-refractivity contribution is 0.220. The van der Waals surface area contributed by atoms with E-state index in [-0.39, 0.29) is 0 Å². The van der Waals surface area contributed by atoms with Gasteiger partial charge in [-0.2, -0.15) is 5.10 Å². The molecule has 0 radical (unpaired) electrons. The highest BCUT2D eigenvalue weighted by molar-refractivity contribution is 6.30. The zero-order valence-electron chi connectivity index (χ0n) is 8.97. The molecule has 84 valence electrons. The van der Waals surface area contributed by atoms with Crippen LogP contribution in [0.1, 0.15) is 24.2 Å². The van der Waals surface area contributed by atoms with E-state index in [0.717, 1.165) is 17.7 Å². The number of nitrogens with zero attached hydrogens (tertiary/aromatic N) is 2. The zero-order chi connectivity index (χ0) is 11.5. The molecule has 0 fully saturated rings. The van der Waals surface area contributed by atoms with Gasteiger partial charge >= 0.3 is 0 Å². The van der Waals surface area contributed by atoms with Crippen LogP contribution in [0.2, 0.25) is 5.02 Å². The third-order valence-corrected chi connectivity index (χ3v) is 2.73. The van der Waals surface area contributed by atoms with Crippen molar-refractivity contribution in [3.8, 4) is 0 Å². The molecule has 2 aromatic rings. The van der Waals surface area contributed by atoms with Gasteiger partial charge in [-0.3, -0.25) is 4.68 Å². The Morgan fingerprint density at radius 3 is 2.56 bits per heavy atom. The van der Waals surface area contributed by atoms with Crippen molar-refractivity contribution in [2.24, 2.45) is 0 Å². The zero-order valence-corrected chi connectivity index (χ0v) is 9.72. The first-order valence-electron chi connectivity index (χ1n) is 5.16. The molecular weight excluding hydrogens is 224 g/mol. The lowest BCUT2D eigenvalue weighted by Gasteiger charge is -2.08. The van der Waals surface area contributed by atoms with Crippen LogP contribution < -0.4 is 0 Å². The molecule has 1 aromatic carbocycles. The Bertz CT molecular complexity index is 464. The van der Waals surface area contributed by atoms with Gasteiger partial charge in [-0.05, 0) is 24.6 Å². The van der Waals surface area contributed by atoms with Crippen LogP contribution >= 0.6 is 11.6 Å². The highest BCUT2D eigenvalue weighted by atomic mass is 35.5. The minimum Gasteiger partial charge on any atom is -0.384 e. The topological polar surface area (TPSA) is 38.0 Å². The quantitative estimate of drug-likeness (QED) is 0.890. The van der Waals surface area contributed by atoms with Gasteiger partial charge in [-0.25, -0.2) is 0 Å². The molecule has 0 aliphatic rings. The summed E-state index contributed by atoms with van der Waals surface area (Å²) in [7, 11) is 0. The van der Waals surface area contributed by atoms with Crippen LogP contribution in [0.15, 0.2) is 36.7 Å². The minimum absolute atomic E-state index is 0.641. The molecule has 3 nitrogen and oxygen atoms in total. The number of benzene rings is 1. The number of hydrogen-bond acceptors (Lipinski definition) is 2. The predicted molar refractivity (Wildman–Crippen MR) is 63.4 cm³/mol. The van der Waals surface area contributed by atoms with Gasteiger partial charge < -0.3 is 5.11 Å². The van der Waals surface area contributed by atoms with Crippen molar-refractivity contribution in [2.75, 3.05) is 0 Å². The van der Waals surface area contributed by atoms with Crippen molar-refractivity contribution in [1.82, 2.24) is 9.78 Å². The maximum Gasteiger partial charge on any atom is 0.107 e. The summed E-state index contributed by atoms with van der Waals surface area (Å²) in [5.74, 6) is 0. The largest absolute Gasteiger partial charge is 0.384 e. The molecular formula is C12H13ClN2O. The minimum atomic E-state index is -0.641. The fraction of sp³-hybridized carbons (Fsp3) is 0.250. The van der Waals surface area contributed by atoms with Crippen LogP contribution in [0.25, 0.3) is 0 Å². The first-order valence-corrected chi connectivity index (χ1v) is 5.54. The van der Waals surface area contributed by atoms with Crippen molar-refractivity contribution in [3.63, 3.8) is 0 Å². The summed E-state index contributed by atoms with van der Waals surface area (Å²) in [5.41, 5.74) is 1.62. The van der Waals surface area contributed by atoms with Gasteiger partial charge in [-0.1, -0.05) is 23.7 Å². The number of halogens is 1. The Balaban J connectivity index is 2.24. The van der Waals surface area contributed by atoms with Gasteiger partial charge in [0.2, 0.25) is 0 Å². The van der Waals surface area contributed by atoms with E-state index in [1.165, 1.54) is 0 Å². The number of aliphatic hydroxyl groups is 1. The molecule has 0 saturated heterocycles. The summed E-state index contributed by atoms with van der Waals surface area (Å²) in [6, 6.07) is 7.17. The lowest BCUT2D eigenvalue weighted by Crippen LogP contribution is -1.98. The van der Waals surface area contributed by atoms with Crippen molar-refractivity contribution in [3.05, 3.63) is 52.8 Å². The normalized spacial score (nSPS) is 12.7. The monoisotopic (exact) mass is 236 g/mol. The van der Waals surface area contributed by atoms with E-state index in [9.17, 15) is 5.11 Å². The summed E-state index contributed by atoms with van der Waals surface area (Å²) in [5, 5.41) is 14.9. The molecule has 0 amide bonds. The summed E-state index contributed by atoms with van der Waals surface area (Å²) in [6.07, 6.45) is 2.89. The summed E-state index contributed by atoms with van der Waals surface area (Å²) in [4.78, 5) is 0. The van der Waals surface area contributed by atoms with E-state index in [1.54, 1.807) is 23.0 Å². The summed E-state index contributed by atoms with van der Waals surface area (Å²) >= 11 is 5.79. The van der Waals surface area contributed by atoms with Gasteiger partial charge in [0.15, 0.2) is 0 Å². The van der Waals surface area contributed by atoms with E-state index in [1.807, 2.05) is 25.3 Å². The summed E-state index contributed by atoms with van der Waals surface area (Å²) in [6.45, 7) is 2.80. The summed E-state index contributed by atoms with van der Waals surface area (Å²) < 4.78 is 1.79. The van der Waals surface area contributed by atoms with Crippen molar-refractivity contribution >= 4 is 11.6 Å². The van der Waals surface area contributed by atoms with Gasteiger partial charge in [0.1, 0.15) is 6.10 Å². The molecule has 0 aliphatic heterocycles. The van der Waals surface area contributed by atoms with Crippen LogP contribution in [0.3, 0.4) is 0 Å². The second-order valence-corrected chi connectivity index (χ2v) is 4.02. The third-order valence-electron chi connectivity index (χ3n) is 2.48. The van der Waals surface area contributed by atoms with Gasteiger partial charge in [0.25, 0.3) is 0 Å². The molecule has 2 rings (SSSR count). The van der Waals surface area contributed by atoms with Gasteiger partial charge in [-0.15, -0.1) is 0 Å². The SMILES string of the molecule is CCn1cc(C(O)c2ccc(Cl)cc2)cn1. The average molecular weight is 237 g/mol. The number of rotatable bonds is 3. The lowest BCUT2D eigenvalue weighted by atomic mass is 10.1. The molecule has 1 heterocycles. The highest BCUT2D eigenvalue weighted by Crippen LogP contribution is 2.22. The predicted octanol–water partition coefficient (Wildman–Crippen LogP) is 2.64. The number of aryl methyl sites for hydroxylation is 1. The van der Waals surface area contributed by atoms with Crippen LogP contribution in [-0.2, 0) is 6.54 Å².